The predicted octanol–water partition coefficient (Wildman–Crippen LogP) is 2.97. The first-order valence-corrected chi connectivity index (χ1v) is 6.41. The third-order valence-electron chi connectivity index (χ3n) is 2.50. The predicted molar refractivity (Wildman–Crippen MR) is 78.5 cm³/mol. The summed E-state index contributed by atoms with van der Waals surface area (Å²) in [7, 11) is 0. The van der Waals surface area contributed by atoms with Gasteiger partial charge in [-0.25, -0.2) is 4.79 Å². The summed E-state index contributed by atoms with van der Waals surface area (Å²) in [6.45, 7) is 0.209. The first-order valence-electron chi connectivity index (χ1n) is 5.62. The Morgan fingerprint density at radius 2 is 1.63 bits per heavy atom. The third-order valence-corrected chi connectivity index (χ3v) is 3.03. The number of hydrogen-bond acceptors (Lipinski definition) is 4. The average Bonchev–Trinajstić information content (AvgIpc) is 2.36. The van der Waals surface area contributed by atoms with Crippen LogP contribution in [0.1, 0.15) is 15.9 Å². The molecular formula is C14H13BrN2O2. The number of halogens is 1. The van der Waals surface area contributed by atoms with Crippen LogP contribution < -0.4 is 11.5 Å². The second-order valence-corrected chi connectivity index (χ2v) is 5.01. The maximum atomic E-state index is 11.8. The Balaban J connectivity index is 2.03. The number of anilines is 2. The monoisotopic (exact) mass is 320 g/mol. The van der Waals surface area contributed by atoms with E-state index in [0.717, 1.165) is 10.0 Å². The minimum Gasteiger partial charge on any atom is -0.457 e. The molecule has 0 spiro atoms. The summed E-state index contributed by atoms with van der Waals surface area (Å²) in [4.78, 5) is 11.8. The third kappa shape index (κ3) is 3.72. The Bertz CT molecular complexity index is 577. The Morgan fingerprint density at radius 3 is 2.21 bits per heavy atom. The van der Waals surface area contributed by atoms with Gasteiger partial charge in [0.1, 0.15) is 6.61 Å². The van der Waals surface area contributed by atoms with E-state index in [2.05, 4.69) is 15.9 Å². The molecule has 0 aromatic heterocycles. The molecule has 2 aromatic carbocycles. The van der Waals surface area contributed by atoms with E-state index in [9.17, 15) is 4.79 Å². The standard InChI is InChI=1S/C14H13BrN2O2/c15-11-3-1-9(2-4-11)8-19-14(18)10-5-12(16)7-13(17)6-10/h1-7H,8,16-17H2. The van der Waals surface area contributed by atoms with Gasteiger partial charge in [-0.1, -0.05) is 28.1 Å². The number of ether oxygens (including phenoxy) is 1. The quantitative estimate of drug-likeness (QED) is 0.673. The Morgan fingerprint density at radius 1 is 1.05 bits per heavy atom. The smallest absolute Gasteiger partial charge is 0.338 e. The van der Waals surface area contributed by atoms with Crippen LogP contribution in [-0.4, -0.2) is 5.97 Å². The minimum atomic E-state index is -0.443. The lowest BCUT2D eigenvalue weighted by atomic mass is 10.2. The summed E-state index contributed by atoms with van der Waals surface area (Å²) < 4.78 is 6.18. The fraction of sp³-hybridized carbons (Fsp3) is 0.0714. The molecule has 0 aliphatic rings. The lowest BCUT2D eigenvalue weighted by Crippen LogP contribution is -2.06. The van der Waals surface area contributed by atoms with Crippen LogP contribution in [0.3, 0.4) is 0 Å². The molecule has 5 heteroatoms. The van der Waals surface area contributed by atoms with E-state index >= 15 is 0 Å². The molecule has 0 aliphatic carbocycles. The van der Waals surface area contributed by atoms with Gasteiger partial charge < -0.3 is 16.2 Å². The number of nitrogens with two attached hydrogens (primary N) is 2. The van der Waals surface area contributed by atoms with Gasteiger partial charge in [-0.15, -0.1) is 0 Å². The lowest BCUT2D eigenvalue weighted by molar-refractivity contribution is 0.0473. The van der Waals surface area contributed by atoms with Gasteiger partial charge in [-0.2, -0.15) is 0 Å². The highest BCUT2D eigenvalue weighted by Crippen LogP contribution is 2.16. The Hall–Kier alpha value is -2.01. The Labute approximate surface area is 119 Å². The normalized spacial score (nSPS) is 10.2. The van der Waals surface area contributed by atoms with Crippen LogP contribution >= 0.6 is 15.9 Å². The van der Waals surface area contributed by atoms with E-state index in [4.69, 9.17) is 16.2 Å². The summed E-state index contributed by atoms with van der Waals surface area (Å²) >= 11 is 3.34. The van der Waals surface area contributed by atoms with Crippen molar-refractivity contribution in [3.05, 3.63) is 58.1 Å². The molecule has 0 saturated heterocycles. The van der Waals surface area contributed by atoms with E-state index in [1.165, 1.54) is 0 Å². The summed E-state index contributed by atoms with van der Waals surface area (Å²) in [6, 6.07) is 12.2. The fourth-order valence-electron chi connectivity index (χ4n) is 1.61. The van der Waals surface area contributed by atoms with Crippen LogP contribution in [0.4, 0.5) is 11.4 Å². The lowest BCUT2D eigenvalue weighted by Gasteiger charge is -2.06. The SMILES string of the molecule is Nc1cc(N)cc(C(=O)OCc2ccc(Br)cc2)c1. The number of carbonyl (C=O) groups excluding carboxylic acids is 1. The molecule has 2 rings (SSSR count). The molecule has 19 heavy (non-hydrogen) atoms. The van der Waals surface area contributed by atoms with Crippen LogP contribution in [0.25, 0.3) is 0 Å². The fourth-order valence-corrected chi connectivity index (χ4v) is 1.87. The van der Waals surface area contributed by atoms with E-state index in [1.807, 2.05) is 24.3 Å². The van der Waals surface area contributed by atoms with Crippen LogP contribution in [0.2, 0.25) is 0 Å². The maximum absolute atomic E-state index is 11.8. The van der Waals surface area contributed by atoms with Crippen molar-refractivity contribution in [3.8, 4) is 0 Å². The molecule has 4 nitrogen and oxygen atoms in total. The molecular weight excluding hydrogens is 308 g/mol. The van der Waals surface area contributed by atoms with Crippen molar-refractivity contribution in [2.45, 2.75) is 6.61 Å². The van der Waals surface area contributed by atoms with Crippen molar-refractivity contribution in [2.24, 2.45) is 0 Å². The van der Waals surface area contributed by atoms with E-state index in [-0.39, 0.29) is 6.61 Å². The zero-order chi connectivity index (χ0) is 13.8. The zero-order valence-corrected chi connectivity index (χ0v) is 11.7. The molecule has 0 heterocycles. The molecule has 2 aromatic rings. The molecule has 0 radical (unpaired) electrons. The molecule has 0 atom stereocenters. The van der Waals surface area contributed by atoms with Crippen molar-refractivity contribution in [1.82, 2.24) is 0 Å². The van der Waals surface area contributed by atoms with Gasteiger partial charge in [-0.05, 0) is 35.9 Å². The van der Waals surface area contributed by atoms with E-state index in [1.54, 1.807) is 18.2 Å². The molecule has 4 N–H and O–H groups in total. The van der Waals surface area contributed by atoms with E-state index < -0.39 is 5.97 Å². The van der Waals surface area contributed by atoms with Gasteiger partial charge >= 0.3 is 5.97 Å². The van der Waals surface area contributed by atoms with Crippen LogP contribution in [0.15, 0.2) is 46.9 Å². The zero-order valence-electron chi connectivity index (χ0n) is 10.1. The molecule has 98 valence electrons. The van der Waals surface area contributed by atoms with Crippen molar-refractivity contribution >= 4 is 33.3 Å². The number of benzene rings is 2. The number of carbonyl (C=O) groups is 1. The number of nitrogen functional groups attached to an aromatic ring is 2. The minimum absolute atomic E-state index is 0.209. The summed E-state index contributed by atoms with van der Waals surface area (Å²) in [6.07, 6.45) is 0. The van der Waals surface area contributed by atoms with Gasteiger partial charge in [0.2, 0.25) is 0 Å². The van der Waals surface area contributed by atoms with Crippen molar-refractivity contribution in [1.29, 1.82) is 0 Å². The number of hydrogen-bond donors (Lipinski definition) is 2. The Kier molecular flexibility index (Phi) is 4.06. The molecule has 0 aliphatic heterocycles. The largest absolute Gasteiger partial charge is 0.457 e. The number of esters is 1. The molecule has 0 unspecified atom stereocenters. The van der Waals surface area contributed by atoms with Crippen molar-refractivity contribution in [2.75, 3.05) is 11.5 Å². The maximum Gasteiger partial charge on any atom is 0.338 e. The highest BCUT2D eigenvalue weighted by molar-refractivity contribution is 9.10. The topological polar surface area (TPSA) is 78.3 Å². The highest BCUT2D eigenvalue weighted by atomic mass is 79.9. The van der Waals surface area contributed by atoms with Gasteiger partial charge in [0.05, 0.1) is 5.56 Å². The average molecular weight is 321 g/mol. The molecule has 0 saturated carbocycles. The first-order chi connectivity index (χ1) is 9.04. The summed E-state index contributed by atoms with van der Waals surface area (Å²) in [5.74, 6) is -0.443. The highest BCUT2D eigenvalue weighted by Gasteiger charge is 2.09. The van der Waals surface area contributed by atoms with Gasteiger partial charge in [0.25, 0.3) is 0 Å². The molecule has 0 amide bonds. The van der Waals surface area contributed by atoms with Gasteiger partial charge in [0.15, 0.2) is 0 Å². The van der Waals surface area contributed by atoms with E-state index in [0.29, 0.717) is 16.9 Å². The van der Waals surface area contributed by atoms with Crippen molar-refractivity contribution in [3.63, 3.8) is 0 Å². The summed E-state index contributed by atoms with van der Waals surface area (Å²) in [5, 5.41) is 0. The number of rotatable bonds is 3. The summed E-state index contributed by atoms with van der Waals surface area (Å²) in [5.41, 5.74) is 13.4. The van der Waals surface area contributed by atoms with Gasteiger partial charge in [0, 0.05) is 15.8 Å². The van der Waals surface area contributed by atoms with Crippen LogP contribution in [-0.2, 0) is 11.3 Å². The molecule has 0 fully saturated rings. The van der Waals surface area contributed by atoms with Crippen molar-refractivity contribution < 1.29 is 9.53 Å². The first kappa shape index (κ1) is 13.4. The van der Waals surface area contributed by atoms with Gasteiger partial charge in [-0.3, -0.25) is 0 Å². The van der Waals surface area contributed by atoms with Crippen LogP contribution in [0.5, 0.6) is 0 Å². The second-order valence-electron chi connectivity index (χ2n) is 4.09. The van der Waals surface area contributed by atoms with Crippen LogP contribution in [0, 0.1) is 0 Å². The molecule has 0 bridgehead atoms. The second kappa shape index (κ2) is 5.75.